The van der Waals surface area contributed by atoms with Crippen molar-refractivity contribution in [2.24, 2.45) is 0 Å². The third-order valence-electron chi connectivity index (χ3n) is 5.49. The second-order valence-electron chi connectivity index (χ2n) is 7.50. The minimum Gasteiger partial charge on any atom is -0.345 e. The van der Waals surface area contributed by atoms with E-state index in [4.69, 9.17) is 0 Å². The Kier molecular flexibility index (Phi) is 5.48. The number of H-pyrrole nitrogens is 1. The minimum atomic E-state index is -0.728. The highest BCUT2D eigenvalue weighted by Gasteiger charge is 2.18. The zero-order valence-electron chi connectivity index (χ0n) is 17.8. The van der Waals surface area contributed by atoms with Crippen molar-refractivity contribution in [3.8, 4) is 5.69 Å². The Morgan fingerprint density at radius 3 is 2.59 bits per heavy atom. The number of hydrogen-bond acceptors (Lipinski definition) is 4. The van der Waals surface area contributed by atoms with E-state index in [0.29, 0.717) is 28.8 Å². The number of hydrogen-bond donors (Lipinski definition) is 2. The van der Waals surface area contributed by atoms with E-state index in [9.17, 15) is 18.8 Å². The molecule has 0 aliphatic heterocycles. The van der Waals surface area contributed by atoms with Gasteiger partial charge in [-0.1, -0.05) is 0 Å². The molecule has 0 unspecified atom stereocenters. The molecule has 0 aliphatic rings. The van der Waals surface area contributed by atoms with Gasteiger partial charge in [-0.05, 0) is 63.2 Å². The Morgan fingerprint density at radius 2 is 1.91 bits per heavy atom. The lowest BCUT2D eigenvalue weighted by Gasteiger charge is -2.15. The van der Waals surface area contributed by atoms with Crippen LogP contribution >= 0.6 is 0 Å². The van der Waals surface area contributed by atoms with E-state index in [1.807, 2.05) is 13.8 Å². The molecule has 0 spiro atoms. The molecule has 2 heterocycles. The number of aryl methyl sites for hydroxylation is 1. The van der Waals surface area contributed by atoms with E-state index in [2.05, 4.69) is 15.4 Å². The molecule has 4 rings (SSSR count). The third kappa shape index (κ3) is 3.73. The molecule has 9 heteroatoms. The highest BCUT2D eigenvalue weighted by molar-refractivity contribution is 5.97. The first-order valence-electron chi connectivity index (χ1n) is 10.2. The largest absolute Gasteiger partial charge is 0.345 e. The van der Waals surface area contributed by atoms with Gasteiger partial charge in [-0.3, -0.25) is 14.4 Å². The standard InChI is InChI=1S/C23H22FN5O3/c1-4-28-20-10-5-15(11-19(20)27-22(31)23(28)32)21(30)26-13(2)18-12-25-29(14(18)3)17-8-6-16(24)7-9-17/h5-13H,4H2,1-3H3,(H,26,30)(H,27,31)/t13-/m1/s1. The van der Waals surface area contributed by atoms with Crippen LogP contribution < -0.4 is 16.4 Å². The fourth-order valence-corrected chi connectivity index (χ4v) is 3.78. The van der Waals surface area contributed by atoms with E-state index >= 15 is 0 Å². The molecular weight excluding hydrogens is 413 g/mol. The van der Waals surface area contributed by atoms with Gasteiger partial charge in [0.2, 0.25) is 0 Å². The molecule has 0 radical (unpaired) electrons. The highest BCUT2D eigenvalue weighted by atomic mass is 19.1. The van der Waals surface area contributed by atoms with Gasteiger partial charge in [0.05, 0.1) is 29.0 Å². The van der Waals surface area contributed by atoms with Crippen LogP contribution in [0.4, 0.5) is 4.39 Å². The van der Waals surface area contributed by atoms with E-state index in [1.165, 1.54) is 16.7 Å². The van der Waals surface area contributed by atoms with Crippen LogP contribution in [0.5, 0.6) is 0 Å². The van der Waals surface area contributed by atoms with Gasteiger partial charge in [0.25, 0.3) is 5.91 Å². The summed E-state index contributed by atoms with van der Waals surface area (Å²) in [7, 11) is 0. The molecule has 0 aliphatic carbocycles. The molecule has 1 amide bonds. The van der Waals surface area contributed by atoms with Gasteiger partial charge in [0, 0.05) is 23.4 Å². The summed E-state index contributed by atoms with van der Waals surface area (Å²) in [5.74, 6) is -0.657. The monoisotopic (exact) mass is 435 g/mol. The fraction of sp³-hybridized carbons (Fsp3) is 0.217. The number of benzene rings is 2. The van der Waals surface area contributed by atoms with Crippen molar-refractivity contribution in [3.05, 3.63) is 92.0 Å². The Labute approximate surface area is 182 Å². The summed E-state index contributed by atoms with van der Waals surface area (Å²) in [4.78, 5) is 39.3. The van der Waals surface area contributed by atoms with Gasteiger partial charge in [-0.25, -0.2) is 9.07 Å². The van der Waals surface area contributed by atoms with Crippen molar-refractivity contribution in [2.45, 2.75) is 33.4 Å². The molecule has 2 N–H and O–H groups in total. The van der Waals surface area contributed by atoms with Crippen LogP contribution in [0.2, 0.25) is 0 Å². The lowest BCUT2D eigenvalue weighted by atomic mass is 10.1. The average Bonchev–Trinajstić information content (AvgIpc) is 3.16. The normalized spacial score (nSPS) is 12.1. The quantitative estimate of drug-likeness (QED) is 0.471. The van der Waals surface area contributed by atoms with Crippen LogP contribution in [0.25, 0.3) is 16.7 Å². The fourth-order valence-electron chi connectivity index (χ4n) is 3.78. The highest BCUT2D eigenvalue weighted by Crippen LogP contribution is 2.21. The summed E-state index contributed by atoms with van der Waals surface area (Å²) in [6.07, 6.45) is 1.67. The summed E-state index contributed by atoms with van der Waals surface area (Å²) < 4.78 is 16.3. The summed E-state index contributed by atoms with van der Waals surface area (Å²) in [5, 5.41) is 7.30. The molecular formula is C23H22FN5O3. The number of fused-ring (bicyclic) bond motifs is 1. The zero-order valence-corrected chi connectivity index (χ0v) is 17.8. The van der Waals surface area contributed by atoms with E-state index < -0.39 is 11.1 Å². The lowest BCUT2D eigenvalue weighted by Crippen LogP contribution is -2.36. The Bertz CT molecular complexity index is 1430. The van der Waals surface area contributed by atoms with Crippen molar-refractivity contribution in [1.82, 2.24) is 24.6 Å². The van der Waals surface area contributed by atoms with E-state index in [0.717, 1.165) is 11.3 Å². The first-order valence-corrected chi connectivity index (χ1v) is 10.2. The van der Waals surface area contributed by atoms with Gasteiger partial charge in [0.1, 0.15) is 5.82 Å². The van der Waals surface area contributed by atoms with Gasteiger partial charge in [0.15, 0.2) is 0 Å². The number of aromatic nitrogens is 4. The second kappa shape index (κ2) is 8.26. The van der Waals surface area contributed by atoms with Gasteiger partial charge < -0.3 is 14.9 Å². The molecule has 2 aromatic carbocycles. The summed E-state index contributed by atoms with van der Waals surface area (Å²) >= 11 is 0. The van der Waals surface area contributed by atoms with Crippen LogP contribution in [0, 0.1) is 12.7 Å². The molecule has 0 saturated carbocycles. The molecule has 0 bridgehead atoms. The topological polar surface area (TPSA) is 102 Å². The maximum atomic E-state index is 13.2. The maximum Gasteiger partial charge on any atom is 0.316 e. The molecule has 0 saturated heterocycles. The van der Waals surface area contributed by atoms with E-state index in [-0.39, 0.29) is 17.8 Å². The second-order valence-corrected chi connectivity index (χ2v) is 7.50. The zero-order chi connectivity index (χ0) is 23.0. The number of aromatic amines is 1. The predicted molar refractivity (Wildman–Crippen MR) is 119 cm³/mol. The number of carbonyl (C=O) groups is 1. The number of nitrogens with zero attached hydrogens (tertiary/aromatic N) is 3. The molecule has 164 valence electrons. The number of carbonyl (C=O) groups excluding carboxylic acids is 1. The lowest BCUT2D eigenvalue weighted by molar-refractivity contribution is 0.0940. The number of amides is 1. The van der Waals surface area contributed by atoms with Gasteiger partial charge in [-0.2, -0.15) is 5.10 Å². The molecule has 2 aromatic heterocycles. The first-order chi connectivity index (χ1) is 15.3. The molecule has 8 nitrogen and oxygen atoms in total. The Morgan fingerprint density at radius 1 is 1.19 bits per heavy atom. The van der Waals surface area contributed by atoms with Crippen LogP contribution in [-0.4, -0.2) is 25.2 Å². The Hall–Kier alpha value is -4.01. The van der Waals surface area contributed by atoms with Crippen LogP contribution in [0.1, 0.15) is 41.5 Å². The van der Waals surface area contributed by atoms with Crippen LogP contribution in [-0.2, 0) is 6.54 Å². The van der Waals surface area contributed by atoms with E-state index in [1.54, 1.807) is 48.1 Å². The third-order valence-corrected chi connectivity index (χ3v) is 5.49. The van der Waals surface area contributed by atoms with Crippen molar-refractivity contribution >= 4 is 16.9 Å². The average molecular weight is 435 g/mol. The van der Waals surface area contributed by atoms with Crippen molar-refractivity contribution in [3.63, 3.8) is 0 Å². The van der Waals surface area contributed by atoms with Crippen molar-refractivity contribution in [2.75, 3.05) is 0 Å². The maximum absolute atomic E-state index is 13.2. The van der Waals surface area contributed by atoms with Crippen LogP contribution in [0.3, 0.4) is 0 Å². The summed E-state index contributed by atoms with van der Waals surface area (Å²) in [6, 6.07) is 10.5. The number of nitrogens with one attached hydrogen (secondary N) is 2. The first kappa shape index (κ1) is 21.2. The summed E-state index contributed by atoms with van der Waals surface area (Å²) in [6.45, 7) is 5.84. The number of rotatable bonds is 5. The minimum absolute atomic E-state index is 0.327. The van der Waals surface area contributed by atoms with Gasteiger partial charge in [-0.15, -0.1) is 0 Å². The number of halogens is 1. The summed E-state index contributed by atoms with van der Waals surface area (Å²) in [5.41, 5.74) is 2.32. The van der Waals surface area contributed by atoms with Gasteiger partial charge >= 0.3 is 11.1 Å². The molecule has 0 fully saturated rings. The smallest absolute Gasteiger partial charge is 0.316 e. The SMILES string of the molecule is CCn1c(=O)c(=O)[nH]c2cc(C(=O)N[C@H](C)c3cnn(-c4ccc(F)cc4)c3C)ccc21. The molecule has 32 heavy (non-hydrogen) atoms. The molecule has 1 atom stereocenters. The Balaban J connectivity index is 1.60. The van der Waals surface area contributed by atoms with Crippen molar-refractivity contribution < 1.29 is 9.18 Å². The molecule has 4 aromatic rings. The predicted octanol–water partition coefficient (Wildman–Crippen LogP) is 2.83. The van der Waals surface area contributed by atoms with Crippen LogP contribution in [0.15, 0.2) is 58.3 Å². The van der Waals surface area contributed by atoms with Crippen molar-refractivity contribution in [1.29, 1.82) is 0 Å².